The molecule has 0 spiro atoms. The number of aromatic nitrogens is 3. The van der Waals surface area contributed by atoms with Crippen LogP contribution < -0.4 is 9.64 Å². The average molecular weight is 425 g/mol. The summed E-state index contributed by atoms with van der Waals surface area (Å²) in [4.78, 5) is 27.6. The van der Waals surface area contributed by atoms with E-state index in [2.05, 4.69) is 19.7 Å². The summed E-state index contributed by atoms with van der Waals surface area (Å²) >= 11 is 0. The Morgan fingerprint density at radius 1 is 1.23 bits per heavy atom. The zero-order valence-electron chi connectivity index (χ0n) is 16.6. The zero-order valence-corrected chi connectivity index (χ0v) is 16.6. The molecule has 2 aromatic rings. The molecule has 1 atom stereocenters. The predicted octanol–water partition coefficient (Wildman–Crippen LogP) is 2.97. The number of anilines is 1. The van der Waals surface area contributed by atoms with Crippen molar-refractivity contribution in [3.8, 4) is 5.75 Å². The summed E-state index contributed by atoms with van der Waals surface area (Å²) in [5.41, 5.74) is 2.03. The third kappa shape index (κ3) is 5.71. The first-order valence-corrected chi connectivity index (χ1v) is 9.32. The summed E-state index contributed by atoms with van der Waals surface area (Å²) in [5, 5.41) is 0. The Balaban J connectivity index is 1.53. The number of carbonyl (C=O) groups is 1. The van der Waals surface area contributed by atoms with Crippen molar-refractivity contribution >= 4 is 12.0 Å². The van der Waals surface area contributed by atoms with Gasteiger partial charge in [-0.25, -0.2) is 14.8 Å². The molecule has 162 valence electrons. The first-order valence-electron chi connectivity index (χ1n) is 9.32. The van der Waals surface area contributed by atoms with Crippen LogP contribution in [0.15, 0.2) is 30.9 Å². The number of nitrogens with zero attached hydrogens (tertiary/aromatic N) is 5. The van der Waals surface area contributed by atoms with E-state index in [1.54, 1.807) is 24.8 Å². The SMILES string of the molecule is Cc1cnccc1COc1cnc(N2CCN(C(=O)OCC(F)(F)F)C[C@H]2C)nc1. The molecule has 0 radical (unpaired) electrons. The summed E-state index contributed by atoms with van der Waals surface area (Å²) in [5.74, 6) is 0.968. The van der Waals surface area contributed by atoms with Gasteiger partial charge in [-0.1, -0.05) is 0 Å². The van der Waals surface area contributed by atoms with Crippen LogP contribution in [0.4, 0.5) is 23.9 Å². The Labute approximate surface area is 171 Å². The maximum atomic E-state index is 12.2. The highest BCUT2D eigenvalue weighted by molar-refractivity contribution is 5.68. The Bertz CT molecular complexity index is 863. The molecule has 0 aliphatic carbocycles. The molecule has 1 amide bonds. The number of carbonyl (C=O) groups excluding carboxylic acids is 1. The molecule has 1 saturated heterocycles. The number of halogens is 3. The maximum absolute atomic E-state index is 12.2. The van der Waals surface area contributed by atoms with E-state index < -0.39 is 18.9 Å². The Hall–Kier alpha value is -3.11. The standard InChI is InChI=1S/C19H22F3N5O3/c1-13-7-23-4-3-15(13)11-29-16-8-24-17(25-9-16)27-6-5-26(10-14(27)2)18(28)30-12-19(20,21)22/h3-4,7-9,14H,5-6,10-12H2,1-2H3/t14-/m1/s1. The van der Waals surface area contributed by atoms with E-state index in [1.165, 1.54) is 4.90 Å². The third-order valence-electron chi connectivity index (χ3n) is 4.65. The Kier molecular flexibility index (Phi) is 6.58. The molecule has 3 heterocycles. The Morgan fingerprint density at radius 2 is 1.97 bits per heavy atom. The van der Waals surface area contributed by atoms with Gasteiger partial charge < -0.3 is 19.3 Å². The molecule has 0 bridgehead atoms. The van der Waals surface area contributed by atoms with Gasteiger partial charge in [0, 0.05) is 38.1 Å². The van der Waals surface area contributed by atoms with Crippen LogP contribution >= 0.6 is 0 Å². The van der Waals surface area contributed by atoms with Crippen molar-refractivity contribution in [1.82, 2.24) is 19.9 Å². The minimum absolute atomic E-state index is 0.191. The normalized spacial score (nSPS) is 17.0. The molecule has 8 nitrogen and oxygen atoms in total. The molecule has 3 rings (SSSR count). The fourth-order valence-electron chi connectivity index (χ4n) is 3.01. The second-order valence-electron chi connectivity index (χ2n) is 6.97. The number of piperazine rings is 1. The van der Waals surface area contributed by atoms with E-state index in [9.17, 15) is 18.0 Å². The number of hydrogen-bond acceptors (Lipinski definition) is 7. The molecular formula is C19H22F3N5O3. The first-order chi connectivity index (χ1) is 14.2. The van der Waals surface area contributed by atoms with E-state index in [1.807, 2.05) is 24.8 Å². The fourth-order valence-corrected chi connectivity index (χ4v) is 3.01. The molecule has 0 aromatic carbocycles. The van der Waals surface area contributed by atoms with Crippen LogP contribution in [0.25, 0.3) is 0 Å². The Morgan fingerprint density at radius 3 is 2.60 bits per heavy atom. The van der Waals surface area contributed by atoms with Crippen molar-refractivity contribution in [2.24, 2.45) is 0 Å². The van der Waals surface area contributed by atoms with Gasteiger partial charge in [0.25, 0.3) is 0 Å². The van der Waals surface area contributed by atoms with Crippen LogP contribution in [-0.4, -0.2) is 64.4 Å². The van der Waals surface area contributed by atoms with Gasteiger partial charge in [-0.3, -0.25) is 4.98 Å². The van der Waals surface area contributed by atoms with Crippen molar-refractivity contribution in [2.45, 2.75) is 32.7 Å². The molecular weight excluding hydrogens is 403 g/mol. The highest BCUT2D eigenvalue weighted by Crippen LogP contribution is 2.20. The molecule has 2 aromatic heterocycles. The van der Waals surface area contributed by atoms with Crippen molar-refractivity contribution < 1.29 is 27.4 Å². The number of hydrogen-bond donors (Lipinski definition) is 0. The molecule has 11 heteroatoms. The lowest BCUT2D eigenvalue weighted by atomic mass is 10.2. The highest BCUT2D eigenvalue weighted by atomic mass is 19.4. The summed E-state index contributed by atoms with van der Waals surface area (Å²) in [6, 6.07) is 1.69. The summed E-state index contributed by atoms with van der Waals surface area (Å²) < 4.78 is 46.7. The van der Waals surface area contributed by atoms with E-state index >= 15 is 0 Å². The second kappa shape index (κ2) is 9.14. The summed E-state index contributed by atoms with van der Waals surface area (Å²) in [6.07, 6.45) is 1.07. The second-order valence-corrected chi connectivity index (χ2v) is 6.97. The van der Waals surface area contributed by atoms with Gasteiger partial charge in [-0.15, -0.1) is 0 Å². The van der Waals surface area contributed by atoms with Gasteiger partial charge in [-0.2, -0.15) is 13.2 Å². The van der Waals surface area contributed by atoms with Crippen LogP contribution in [0.5, 0.6) is 5.75 Å². The molecule has 0 saturated carbocycles. The quantitative estimate of drug-likeness (QED) is 0.729. The number of pyridine rings is 1. The van der Waals surface area contributed by atoms with Crippen molar-refractivity contribution in [2.75, 3.05) is 31.1 Å². The van der Waals surface area contributed by atoms with E-state index in [0.29, 0.717) is 24.8 Å². The van der Waals surface area contributed by atoms with Crippen LogP contribution in [0, 0.1) is 6.92 Å². The largest absolute Gasteiger partial charge is 0.486 e. The molecule has 1 aliphatic heterocycles. The molecule has 30 heavy (non-hydrogen) atoms. The van der Waals surface area contributed by atoms with Crippen molar-refractivity contribution in [1.29, 1.82) is 0 Å². The van der Waals surface area contributed by atoms with Gasteiger partial charge in [-0.05, 0) is 31.0 Å². The van der Waals surface area contributed by atoms with Crippen molar-refractivity contribution in [3.63, 3.8) is 0 Å². The lowest BCUT2D eigenvalue weighted by Gasteiger charge is -2.39. The van der Waals surface area contributed by atoms with Crippen LogP contribution in [-0.2, 0) is 11.3 Å². The highest BCUT2D eigenvalue weighted by Gasteiger charge is 2.33. The minimum Gasteiger partial charge on any atom is -0.486 e. The average Bonchev–Trinajstić information content (AvgIpc) is 2.71. The van der Waals surface area contributed by atoms with Crippen LogP contribution in [0.3, 0.4) is 0 Å². The van der Waals surface area contributed by atoms with E-state index in [4.69, 9.17) is 4.74 Å². The van der Waals surface area contributed by atoms with Gasteiger partial charge in [0.15, 0.2) is 12.4 Å². The molecule has 0 N–H and O–H groups in total. The number of aryl methyl sites for hydroxylation is 1. The third-order valence-corrected chi connectivity index (χ3v) is 4.65. The fraction of sp³-hybridized carbons (Fsp3) is 0.474. The first kappa shape index (κ1) is 21.6. The number of alkyl halides is 3. The van der Waals surface area contributed by atoms with Crippen molar-refractivity contribution in [3.05, 3.63) is 42.0 Å². The van der Waals surface area contributed by atoms with Crippen LogP contribution in [0.2, 0.25) is 0 Å². The lowest BCUT2D eigenvalue weighted by Crippen LogP contribution is -2.54. The lowest BCUT2D eigenvalue weighted by molar-refractivity contribution is -0.162. The van der Waals surface area contributed by atoms with Gasteiger partial charge in [0.1, 0.15) is 6.61 Å². The zero-order chi connectivity index (χ0) is 21.7. The van der Waals surface area contributed by atoms with Crippen LogP contribution in [0.1, 0.15) is 18.1 Å². The number of amides is 1. The van der Waals surface area contributed by atoms with E-state index in [0.717, 1.165) is 11.1 Å². The van der Waals surface area contributed by atoms with Gasteiger partial charge in [0.05, 0.1) is 12.4 Å². The van der Waals surface area contributed by atoms with E-state index in [-0.39, 0.29) is 19.1 Å². The van der Waals surface area contributed by atoms with Gasteiger partial charge >= 0.3 is 12.3 Å². The number of ether oxygens (including phenoxy) is 2. The maximum Gasteiger partial charge on any atom is 0.422 e. The molecule has 0 unspecified atom stereocenters. The number of rotatable bonds is 5. The van der Waals surface area contributed by atoms with Gasteiger partial charge in [0.2, 0.25) is 5.95 Å². The molecule has 1 fully saturated rings. The molecule has 1 aliphatic rings. The minimum atomic E-state index is -4.54. The summed E-state index contributed by atoms with van der Waals surface area (Å²) in [7, 11) is 0. The topological polar surface area (TPSA) is 80.7 Å². The predicted molar refractivity (Wildman–Crippen MR) is 101 cm³/mol. The monoisotopic (exact) mass is 425 g/mol. The smallest absolute Gasteiger partial charge is 0.422 e. The summed E-state index contributed by atoms with van der Waals surface area (Å²) in [6.45, 7) is 3.35.